The van der Waals surface area contributed by atoms with Crippen molar-refractivity contribution in [2.24, 2.45) is 0 Å². The fourth-order valence-corrected chi connectivity index (χ4v) is 2.10. The first-order valence-electron chi connectivity index (χ1n) is 6.66. The molecule has 0 aliphatic rings. The number of aromatic carboxylic acids is 1. The van der Waals surface area contributed by atoms with Gasteiger partial charge in [0.1, 0.15) is 12.1 Å². The molecule has 0 bridgehead atoms. The molecule has 1 heterocycles. The zero-order valence-corrected chi connectivity index (χ0v) is 11.6. The molecule has 21 heavy (non-hydrogen) atoms. The molecule has 0 aliphatic heterocycles. The number of para-hydroxylation sites is 1. The molecule has 2 N–H and O–H groups in total. The van der Waals surface area contributed by atoms with Crippen molar-refractivity contribution in [2.75, 3.05) is 6.54 Å². The molecule has 0 radical (unpaired) electrons. The summed E-state index contributed by atoms with van der Waals surface area (Å²) in [5, 5.41) is 12.1. The van der Waals surface area contributed by atoms with Gasteiger partial charge in [-0.1, -0.05) is 19.1 Å². The standard InChI is InChI=1S/C15H16N2O4/c1-2-7-16-13(18)9-17-8-11(15(20)21)14(19)10-5-3-4-6-12(10)17/h3-6,8H,2,7,9H2,1H3,(H,16,18)(H,20,21). The molecular weight excluding hydrogens is 272 g/mol. The van der Waals surface area contributed by atoms with E-state index in [2.05, 4.69) is 5.32 Å². The van der Waals surface area contributed by atoms with Crippen LogP contribution < -0.4 is 10.7 Å². The second-order valence-corrected chi connectivity index (χ2v) is 4.67. The molecule has 0 saturated heterocycles. The van der Waals surface area contributed by atoms with Crippen LogP contribution in [0.15, 0.2) is 35.3 Å². The first-order valence-corrected chi connectivity index (χ1v) is 6.66. The molecule has 0 saturated carbocycles. The Morgan fingerprint density at radius 2 is 2.00 bits per heavy atom. The third-order valence-electron chi connectivity index (χ3n) is 3.10. The lowest BCUT2D eigenvalue weighted by Crippen LogP contribution is -2.29. The van der Waals surface area contributed by atoms with Crippen LogP contribution in [0.3, 0.4) is 0 Å². The number of aromatic nitrogens is 1. The molecule has 0 aliphatic carbocycles. The van der Waals surface area contributed by atoms with Gasteiger partial charge in [0.15, 0.2) is 0 Å². The van der Waals surface area contributed by atoms with E-state index in [4.69, 9.17) is 5.11 Å². The van der Waals surface area contributed by atoms with Crippen LogP contribution in [0.25, 0.3) is 10.9 Å². The maximum atomic E-state index is 12.1. The average molecular weight is 288 g/mol. The van der Waals surface area contributed by atoms with E-state index < -0.39 is 11.4 Å². The molecule has 6 heteroatoms. The topological polar surface area (TPSA) is 88.4 Å². The molecule has 0 unspecified atom stereocenters. The molecule has 1 amide bonds. The molecular formula is C15H16N2O4. The number of amides is 1. The van der Waals surface area contributed by atoms with Crippen LogP contribution >= 0.6 is 0 Å². The second-order valence-electron chi connectivity index (χ2n) is 4.67. The van der Waals surface area contributed by atoms with Gasteiger partial charge in [-0.05, 0) is 18.6 Å². The van der Waals surface area contributed by atoms with Crippen LogP contribution in [0.2, 0.25) is 0 Å². The van der Waals surface area contributed by atoms with Crippen LogP contribution in [0.4, 0.5) is 0 Å². The fraction of sp³-hybridized carbons (Fsp3) is 0.267. The van der Waals surface area contributed by atoms with Gasteiger partial charge in [0.25, 0.3) is 0 Å². The van der Waals surface area contributed by atoms with E-state index >= 15 is 0 Å². The minimum Gasteiger partial charge on any atom is -0.477 e. The quantitative estimate of drug-likeness (QED) is 0.866. The Morgan fingerprint density at radius 1 is 1.29 bits per heavy atom. The molecule has 1 aromatic heterocycles. The van der Waals surface area contributed by atoms with Gasteiger partial charge in [-0.15, -0.1) is 0 Å². The molecule has 0 atom stereocenters. The highest BCUT2D eigenvalue weighted by atomic mass is 16.4. The van der Waals surface area contributed by atoms with Crippen molar-refractivity contribution in [1.29, 1.82) is 0 Å². The molecule has 0 fully saturated rings. The third kappa shape index (κ3) is 3.10. The van der Waals surface area contributed by atoms with Crippen molar-refractivity contribution in [3.05, 3.63) is 46.2 Å². The Bertz CT molecular complexity index is 749. The highest BCUT2D eigenvalue weighted by Gasteiger charge is 2.15. The van der Waals surface area contributed by atoms with E-state index in [1.807, 2.05) is 6.92 Å². The van der Waals surface area contributed by atoms with Crippen molar-refractivity contribution in [3.63, 3.8) is 0 Å². The Labute approximate surface area is 121 Å². The van der Waals surface area contributed by atoms with Gasteiger partial charge in [0.2, 0.25) is 11.3 Å². The largest absolute Gasteiger partial charge is 0.477 e. The summed E-state index contributed by atoms with van der Waals surface area (Å²) in [6.45, 7) is 2.47. The normalized spacial score (nSPS) is 10.5. The summed E-state index contributed by atoms with van der Waals surface area (Å²) in [5.41, 5.74) is -0.334. The fourth-order valence-electron chi connectivity index (χ4n) is 2.10. The zero-order valence-electron chi connectivity index (χ0n) is 11.6. The number of carbonyl (C=O) groups excluding carboxylic acids is 1. The first-order chi connectivity index (χ1) is 10.0. The van der Waals surface area contributed by atoms with Crippen molar-refractivity contribution in [1.82, 2.24) is 9.88 Å². The van der Waals surface area contributed by atoms with Gasteiger partial charge in [-0.2, -0.15) is 0 Å². The SMILES string of the molecule is CCCNC(=O)Cn1cc(C(=O)O)c(=O)c2ccccc21. The second kappa shape index (κ2) is 6.21. The predicted molar refractivity (Wildman–Crippen MR) is 78.5 cm³/mol. The highest BCUT2D eigenvalue weighted by Crippen LogP contribution is 2.11. The van der Waals surface area contributed by atoms with Crippen molar-refractivity contribution in [3.8, 4) is 0 Å². The Balaban J connectivity index is 2.52. The summed E-state index contributed by atoms with van der Waals surface area (Å²) in [6.07, 6.45) is 2.04. The van der Waals surface area contributed by atoms with Gasteiger partial charge in [-0.25, -0.2) is 4.79 Å². The van der Waals surface area contributed by atoms with Crippen LogP contribution in [0.5, 0.6) is 0 Å². The van der Waals surface area contributed by atoms with Gasteiger partial charge >= 0.3 is 5.97 Å². The van der Waals surface area contributed by atoms with Gasteiger partial charge in [0.05, 0.1) is 5.52 Å². The summed E-state index contributed by atoms with van der Waals surface area (Å²) in [4.78, 5) is 35.1. The molecule has 110 valence electrons. The van der Waals surface area contributed by atoms with Crippen LogP contribution in [0.1, 0.15) is 23.7 Å². The van der Waals surface area contributed by atoms with Crippen molar-refractivity contribution in [2.45, 2.75) is 19.9 Å². The molecule has 0 spiro atoms. The van der Waals surface area contributed by atoms with E-state index in [9.17, 15) is 14.4 Å². The molecule has 6 nitrogen and oxygen atoms in total. The van der Waals surface area contributed by atoms with E-state index in [0.717, 1.165) is 6.42 Å². The average Bonchev–Trinajstić information content (AvgIpc) is 2.47. The number of rotatable bonds is 5. The lowest BCUT2D eigenvalue weighted by molar-refractivity contribution is -0.121. The number of nitrogens with zero attached hydrogens (tertiary/aromatic N) is 1. The molecule has 1 aromatic carbocycles. The maximum absolute atomic E-state index is 12.1. The number of carbonyl (C=O) groups is 2. The van der Waals surface area contributed by atoms with E-state index in [1.165, 1.54) is 10.8 Å². The monoisotopic (exact) mass is 288 g/mol. The summed E-state index contributed by atoms with van der Waals surface area (Å²) >= 11 is 0. The Hall–Kier alpha value is -2.63. The minimum absolute atomic E-state index is 0.0267. The maximum Gasteiger partial charge on any atom is 0.341 e. The Morgan fingerprint density at radius 3 is 2.67 bits per heavy atom. The van der Waals surface area contributed by atoms with Gasteiger partial charge < -0.3 is 15.0 Å². The molecule has 2 aromatic rings. The molecule has 2 rings (SSSR count). The minimum atomic E-state index is -1.30. The summed E-state index contributed by atoms with van der Waals surface area (Å²) in [7, 11) is 0. The smallest absolute Gasteiger partial charge is 0.341 e. The van der Waals surface area contributed by atoms with Crippen LogP contribution in [-0.4, -0.2) is 28.1 Å². The lowest BCUT2D eigenvalue weighted by Gasteiger charge is -2.12. The number of carboxylic acid groups (broad SMARTS) is 1. The Kier molecular flexibility index (Phi) is 4.37. The zero-order chi connectivity index (χ0) is 15.4. The van der Waals surface area contributed by atoms with E-state index in [0.29, 0.717) is 17.4 Å². The van der Waals surface area contributed by atoms with E-state index in [1.54, 1.807) is 24.3 Å². The van der Waals surface area contributed by atoms with Crippen molar-refractivity contribution >= 4 is 22.8 Å². The predicted octanol–water partition coefficient (Wildman–Crippen LogP) is 1.23. The number of nitrogens with one attached hydrogen (secondary N) is 1. The van der Waals surface area contributed by atoms with Crippen LogP contribution in [0, 0.1) is 0 Å². The first kappa shape index (κ1) is 14.8. The number of carboxylic acids is 1. The third-order valence-corrected chi connectivity index (χ3v) is 3.10. The number of fused-ring (bicyclic) bond motifs is 1. The summed E-state index contributed by atoms with van der Waals surface area (Å²) in [6, 6.07) is 6.65. The van der Waals surface area contributed by atoms with Crippen LogP contribution in [-0.2, 0) is 11.3 Å². The number of hydrogen-bond donors (Lipinski definition) is 2. The summed E-state index contributed by atoms with van der Waals surface area (Å²) in [5.74, 6) is -1.52. The van der Waals surface area contributed by atoms with Gasteiger partial charge in [-0.3, -0.25) is 9.59 Å². The number of pyridine rings is 1. The summed E-state index contributed by atoms with van der Waals surface area (Å²) < 4.78 is 1.49. The van der Waals surface area contributed by atoms with E-state index in [-0.39, 0.29) is 18.0 Å². The number of hydrogen-bond acceptors (Lipinski definition) is 3. The lowest BCUT2D eigenvalue weighted by atomic mass is 10.1. The highest BCUT2D eigenvalue weighted by molar-refractivity contribution is 5.93. The van der Waals surface area contributed by atoms with Crippen molar-refractivity contribution < 1.29 is 14.7 Å². The number of benzene rings is 1. The van der Waals surface area contributed by atoms with Gasteiger partial charge in [0, 0.05) is 18.1 Å².